The van der Waals surface area contributed by atoms with Gasteiger partial charge in [-0.25, -0.2) is 4.79 Å². The molecule has 2 aromatic heterocycles. The summed E-state index contributed by atoms with van der Waals surface area (Å²) in [6.07, 6.45) is -4.83. The summed E-state index contributed by atoms with van der Waals surface area (Å²) in [6, 6.07) is 7.65. The molecule has 1 saturated heterocycles. The molecule has 1 aliphatic rings. The Balaban J connectivity index is 1.52. The molecule has 0 saturated carbocycles. The highest BCUT2D eigenvalue weighted by molar-refractivity contribution is 7.13. The van der Waals surface area contributed by atoms with E-state index in [0.717, 1.165) is 21.9 Å². The maximum atomic E-state index is 12.9. The van der Waals surface area contributed by atoms with Crippen molar-refractivity contribution in [1.29, 1.82) is 0 Å². The number of halogens is 3. The number of urea groups is 1. The zero-order valence-electron chi connectivity index (χ0n) is 15.3. The predicted molar refractivity (Wildman–Crippen MR) is 97.2 cm³/mol. The number of ether oxygens (including phenoxy) is 1. The second kappa shape index (κ2) is 7.13. The van der Waals surface area contributed by atoms with Crippen LogP contribution in [0.2, 0.25) is 0 Å². The van der Waals surface area contributed by atoms with Gasteiger partial charge >= 0.3 is 12.4 Å². The largest absolute Gasteiger partial charge is 0.573 e. The predicted octanol–water partition coefficient (Wildman–Crippen LogP) is 3.66. The molecule has 1 unspecified atom stereocenters. The van der Waals surface area contributed by atoms with Gasteiger partial charge in [-0.3, -0.25) is 9.69 Å². The molecule has 0 bridgehead atoms. The van der Waals surface area contributed by atoms with Crippen molar-refractivity contribution in [3.05, 3.63) is 53.2 Å². The molecule has 1 N–H and O–H groups in total. The fourth-order valence-electron chi connectivity index (χ4n) is 2.99. The lowest BCUT2D eigenvalue weighted by molar-refractivity contribution is -0.274. The maximum absolute atomic E-state index is 12.9. The van der Waals surface area contributed by atoms with Crippen molar-refractivity contribution in [2.75, 3.05) is 0 Å². The Morgan fingerprint density at radius 1 is 1.23 bits per heavy atom. The van der Waals surface area contributed by atoms with Crippen LogP contribution in [0.5, 0.6) is 5.75 Å². The van der Waals surface area contributed by atoms with Crippen molar-refractivity contribution < 1.29 is 32.0 Å². The third-order valence-electron chi connectivity index (χ3n) is 4.44. The highest BCUT2D eigenvalue weighted by atomic mass is 32.1. The number of nitrogens with one attached hydrogen (secondary N) is 1. The monoisotopic (exact) mass is 438 g/mol. The quantitative estimate of drug-likeness (QED) is 0.611. The van der Waals surface area contributed by atoms with Crippen LogP contribution in [0.1, 0.15) is 18.4 Å². The van der Waals surface area contributed by atoms with E-state index in [2.05, 4.69) is 20.2 Å². The highest BCUT2D eigenvalue weighted by Crippen LogP contribution is 2.32. The number of thiophene rings is 1. The van der Waals surface area contributed by atoms with Crippen LogP contribution in [-0.4, -0.2) is 33.3 Å². The third kappa shape index (κ3) is 3.73. The number of rotatable bonds is 5. The molecular formula is C18H13F3N4O4S. The van der Waals surface area contributed by atoms with E-state index in [0.29, 0.717) is 11.4 Å². The van der Waals surface area contributed by atoms with Gasteiger partial charge in [-0.05, 0) is 36.1 Å². The van der Waals surface area contributed by atoms with Gasteiger partial charge in [-0.2, -0.15) is 4.98 Å². The smallest absolute Gasteiger partial charge is 0.406 e. The van der Waals surface area contributed by atoms with Crippen LogP contribution in [0.15, 0.2) is 46.3 Å². The first-order chi connectivity index (χ1) is 14.2. The Labute approximate surface area is 171 Å². The summed E-state index contributed by atoms with van der Waals surface area (Å²) in [7, 11) is 0. The van der Waals surface area contributed by atoms with Crippen molar-refractivity contribution in [3.8, 4) is 16.5 Å². The summed E-state index contributed by atoms with van der Waals surface area (Å²) in [4.78, 5) is 31.2. The average molecular weight is 438 g/mol. The molecule has 3 aromatic rings. The molecule has 8 nitrogen and oxygen atoms in total. The number of hydrogen-bond acceptors (Lipinski definition) is 7. The number of amides is 3. The van der Waals surface area contributed by atoms with Gasteiger partial charge in [0, 0.05) is 0 Å². The lowest BCUT2D eigenvalue weighted by Gasteiger charge is -2.22. The van der Waals surface area contributed by atoms with Crippen LogP contribution in [-0.2, 0) is 16.9 Å². The molecule has 1 atom stereocenters. The van der Waals surface area contributed by atoms with E-state index in [9.17, 15) is 22.8 Å². The van der Waals surface area contributed by atoms with Crippen LogP contribution >= 0.6 is 11.3 Å². The van der Waals surface area contributed by atoms with E-state index in [1.54, 1.807) is 6.07 Å². The van der Waals surface area contributed by atoms with Crippen LogP contribution in [0, 0.1) is 0 Å². The number of carbonyl (C=O) groups is 2. The molecule has 1 fully saturated rings. The summed E-state index contributed by atoms with van der Waals surface area (Å²) in [5.41, 5.74) is -1.17. The zero-order chi connectivity index (χ0) is 21.5. The number of carbonyl (C=O) groups excluding carboxylic acids is 2. The summed E-state index contributed by atoms with van der Waals surface area (Å²) in [5.74, 6) is -0.626. The van der Waals surface area contributed by atoms with E-state index in [1.165, 1.54) is 30.4 Å². The zero-order valence-corrected chi connectivity index (χ0v) is 16.1. The number of alkyl halides is 3. The molecule has 1 aromatic carbocycles. The molecular weight excluding hydrogens is 425 g/mol. The van der Waals surface area contributed by atoms with Crippen LogP contribution < -0.4 is 10.1 Å². The second-order valence-corrected chi connectivity index (χ2v) is 7.46. The fraction of sp³-hybridized carbons (Fsp3) is 0.222. The van der Waals surface area contributed by atoms with Crippen molar-refractivity contribution in [2.24, 2.45) is 0 Å². The summed E-state index contributed by atoms with van der Waals surface area (Å²) in [5, 5.41) is 8.23. The highest BCUT2D eigenvalue weighted by Gasteiger charge is 2.49. The molecule has 12 heteroatoms. The molecule has 156 valence electrons. The van der Waals surface area contributed by atoms with Gasteiger partial charge in [0.15, 0.2) is 0 Å². The standard InChI is InChI=1S/C18H13F3N4O4S/c1-17(10-4-6-11(7-5-10)28-18(19,20)21)15(26)25(16(27)23-17)9-13-22-14(24-29-13)12-3-2-8-30-12/h2-8H,9H2,1H3,(H,23,27). The molecule has 0 spiro atoms. The van der Waals surface area contributed by atoms with E-state index in [1.807, 2.05) is 11.4 Å². The molecule has 0 aliphatic carbocycles. The molecule has 3 heterocycles. The van der Waals surface area contributed by atoms with Crippen molar-refractivity contribution in [1.82, 2.24) is 20.4 Å². The Bertz CT molecular complexity index is 1080. The second-order valence-electron chi connectivity index (χ2n) is 6.51. The lowest BCUT2D eigenvalue weighted by atomic mass is 9.92. The Hall–Kier alpha value is -3.41. The van der Waals surface area contributed by atoms with E-state index in [-0.39, 0.29) is 12.4 Å². The minimum absolute atomic E-state index is 0.0695. The molecule has 1 aliphatic heterocycles. The van der Waals surface area contributed by atoms with Gasteiger partial charge in [-0.15, -0.1) is 24.5 Å². The molecule has 30 heavy (non-hydrogen) atoms. The third-order valence-corrected chi connectivity index (χ3v) is 5.31. The topological polar surface area (TPSA) is 97.6 Å². The van der Waals surface area contributed by atoms with Gasteiger partial charge in [-0.1, -0.05) is 23.4 Å². The number of nitrogens with zero attached hydrogens (tertiary/aromatic N) is 3. The molecule has 3 amide bonds. The number of hydrogen-bond donors (Lipinski definition) is 1. The number of aromatic nitrogens is 2. The minimum atomic E-state index is -4.83. The van der Waals surface area contributed by atoms with Gasteiger partial charge in [0.2, 0.25) is 11.7 Å². The first-order valence-corrected chi connectivity index (χ1v) is 9.40. The van der Waals surface area contributed by atoms with Gasteiger partial charge in [0.05, 0.1) is 4.88 Å². The van der Waals surface area contributed by atoms with Crippen LogP contribution in [0.3, 0.4) is 0 Å². The molecule has 0 radical (unpaired) electrons. The number of imide groups is 1. The Morgan fingerprint density at radius 3 is 2.60 bits per heavy atom. The average Bonchev–Trinajstić information content (AvgIpc) is 3.39. The Kier molecular flexibility index (Phi) is 4.73. The lowest BCUT2D eigenvalue weighted by Crippen LogP contribution is -2.40. The molecule has 4 rings (SSSR count). The van der Waals surface area contributed by atoms with Gasteiger partial charge < -0.3 is 14.6 Å². The van der Waals surface area contributed by atoms with E-state index in [4.69, 9.17) is 4.52 Å². The summed E-state index contributed by atoms with van der Waals surface area (Å²) in [6.45, 7) is 1.21. The van der Waals surface area contributed by atoms with E-state index >= 15 is 0 Å². The van der Waals surface area contributed by atoms with E-state index < -0.39 is 29.6 Å². The van der Waals surface area contributed by atoms with Crippen LogP contribution in [0.4, 0.5) is 18.0 Å². The van der Waals surface area contributed by atoms with Crippen molar-refractivity contribution >= 4 is 23.3 Å². The van der Waals surface area contributed by atoms with Crippen LogP contribution in [0.25, 0.3) is 10.7 Å². The fourth-order valence-corrected chi connectivity index (χ4v) is 3.64. The summed E-state index contributed by atoms with van der Waals surface area (Å²) >= 11 is 1.41. The summed E-state index contributed by atoms with van der Waals surface area (Å²) < 4.78 is 45.9. The van der Waals surface area contributed by atoms with Crippen molar-refractivity contribution in [3.63, 3.8) is 0 Å². The first-order valence-electron chi connectivity index (χ1n) is 8.52. The maximum Gasteiger partial charge on any atom is 0.573 e. The Morgan fingerprint density at radius 2 is 1.97 bits per heavy atom. The van der Waals surface area contributed by atoms with Gasteiger partial charge in [0.1, 0.15) is 17.8 Å². The SMILES string of the molecule is CC1(c2ccc(OC(F)(F)F)cc2)NC(=O)N(Cc2nc(-c3cccs3)no2)C1=O. The van der Waals surface area contributed by atoms with Crippen molar-refractivity contribution in [2.45, 2.75) is 25.4 Å². The number of benzene rings is 1. The van der Waals surface area contributed by atoms with Gasteiger partial charge in [0.25, 0.3) is 5.91 Å². The first kappa shape index (κ1) is 19.9. The minimum Gasteiger partial charge on any atom is -0.406 e. The normalized spacial score (nSPS) is 19.3.